The van der Waals surface area contributed by atoms with Crippen molar-refractivity contribution in [2.75, 3.05) is 46.5 Å². The third-order valence-corrected chi connectivity index (χ3v) is 6.88. The lowest BCUT2D eigenvalue weighted by Gasteiger charge is -2.29. The number of fused-ring (bicyclic) bond motifs is 1. The second-order valence-electron chi connectivity index (χ2n) is 9.05. The minimum Gasteiger partial charge on any atom is -0.505 e. The number of carbonyl (C=O) groups is 2. The Morgan fingerprint density at radius 2 is 1.86 bits per heavy atom. The summed E-state index contributed by atoms with van der Waals surface area (Å²) < 4.78 is 12.4. The molecular weight excluding hydrogens is 460 g/mol. The number of rotatable bonds is 7. The first-order chi connectivity index (χ1) is 17.5. The second kappa shape index (κ2) is 10.1. The average molecular weight is 491 g/mol. The average Bonchev–Trinajstić information content (AvgIpc) is 3.37. The van der Waals surface area contributed by atoms with Crippen molar-refractivity contribution in [3.63, 3.8) is 0 Å². The number of imidazole rings is 1. The highest BCUT2D eigenvalue weighted by molar-refractivity contribution is 6.46. The fraction of sp³-hybridized carbons (Fsp3) is 0.370. The van der Waals surface area contributed by atoms with Crippen molar-refractivity contribution in [2.24, 2.45) is 0 Å². The highest BCUT2D eigenvalue weighted by Gasteiger charge is 2.46. The van der Waals surface area contributed by atoms with Crippen molar-refractivity contribution in [1.82, 2.24) is 19.2 Å². The first-order valence-corrected chi connectivity index (χ1v) is 12.2. The highest BCUT2D eigenvalue weighted by atomic mass is 16.5. The van der Waals surface area contributed by atoms with Crippen LogP contribution in [-0.2, 0) is 14.3 Å². The Morgan fingerprint density at radius 1 is 1.11 bits per heavy atom. The van der Waals surface area contributed by atoms with Crippen LogP contribution >= 0.6 is 0 Å². The standard InChI is InChI=1S/C27H30N4O5/c1-18-23(30-12-4-3-6-21(30)28-18)25(32)22-24(19-7-9-20(35-2)10-8-19)31(27(34)26(22)33)13-5-11-29-14-16-36-17-15-29/h3-4,6-10,12,24,32H,5,11,13-17H2,1-2H3/b25-22+. The molecular formula is C27H30N4O5. The molecule has 1 N–H and O–H groups in total. The molecule has 0 spiro atoms. The quantitative estimate of drug-likeness (QED) is 0.309. The molecule has 36 heavy (non-hydrogen) atoms. The Labute approximate surface area is 209 Å². The van der Waals surface area contributed by atoms with Crippen molar-refractivity contribution < 1.29 is 24.2 Å². The van der Waals surface area contributed by atoms with E-state index in [4.69, 9.17) is 9.47 Å². The number of ketones is 1. The predicted molar refractivity (Wildman–Crippen MR) is 134 cm³/mol. The first-order valence-electron chi connectivity index (χ1n) is 12.2. The molecule has 1 atom stereocenters. The zero-order valence-electron chi connectivity index (χ0n) is 20.5. The number of hydrogen-bond donors (Lipinski definition) is 1. The van der Waals surface area contributed by atoms with E-state index in [0.29, 0.717) is 49.0 Å². The van der Waals surface area contributed by atoms with Crippen LogP contribution in [0.2, 0.25) is 0 Å². The summed E-state index contributed by atoms with van der Waals surface area (Å²) >= 11 is 0. The molecule has 1 amide bonds. The Balaban J connectivity index is 1.55. The molecule has 2 aliphatic rings. The molecule has 9 heteroatoms. The fourth-order valence-corrected chi connectivity index (χ4v) is 5.06. The Bertz CT molecular complexity index is 1310. The number of aliphatic hydroxyl groups excluding tert-OH is 1. The second-order valence-corrected chi connectivity index (χ2v) is 9.05. The summed E-state index contributed by atoms with van der Waals surface area (Å²) in [7, 11) is 1.58. The number of aryl methyl sites for hydroxylation is 1. The van der Waals surface area contributed by atoms with E-state index in [1.807, 2.05) is 30.3 Å². The number of carbonyl (C=O) groups excluding carboxylic acids is 2. The Kier molecular flexibility index (Phi) is 6.75. The van der Waals surface area contributed by atoms with Crippen LogP contribution in [0.4, 0.5) is 0 Å². The highest BCUT2D eigenvalue weighted by Crippen LogP contribution is 2.40. The summed E-state index contributed by atoms with van der Waals surface area (Å²) in [6.07, 6.45) is 2.49. The summed E-state index contributed by atoms with van der Waals surface area (Å²) in [6.45, 7) is 6.09. The van der Waals surface area contributed by atoms with Gasteiger partial charge in [-0.05, 0) is 43.2 Å². The van der Waals surface area contributed by atoms with E-state index >= 15 is 0 Å². The lowest BCUT2D eigenvalue weighted by Crippen LogP contribution is -2.38. The molecule has 0 aliphatic carbocycles. The third-order valence-electron chi connectivity index (χ3n) is 6.88. The van der Waals surface area contributed by atoms with E-state index in [0.717, 1.165) is 25.2 Å². The molecule has 188 valence electrons. The monoisotopic (exact) mass is 490 g/mol. The van der Waals surface area contributed by atoms with Gasteiger partial charge in [-0.1, -0.05) is 18.2 Å². The summed E-state index contributed by atoms with van der Waals surface area (Å²) in [5.41, 5.74) is 2.44. The van der Waals surface area contributed by atoms with E-state index in [2.05, 4.69) is 9.88 Å². The zero-order valence-corrected chi connectivity index (χ0v) is 20.5. The summed E-state index contributed by atoms with van der Waals surface area (Å²) in [4.78, 5) is 35.0. The number of aromatic nitrogens is 2. The number of amides is 1. The lowest BCUT2D eigenvalue weighted by atomic mass is 9.96. The zero-order chi connectivity index (χ0) is 25.2. The van der Waals surface area contributed by atoms with Gasteiger partial charge in [0, 0.05) is 32.4 Å². The molecule has 1 unspecified atom stereocenters. The Morgan fingerprint density at radius 3 is 2.58 bits per heavy atom. The van der Waals surface area contributed by atoms with E-state index in [1.165, 1.54) is 0 Å². The largest absolute Gasteiger partial charge is 0.505 e. The van der Waals surface area contributed by atoms with E-state index in [9.17, 15) is 14.7 Å². The van der Waals surface area contributed by atoms with Gasteiger partial charge in [-0.15, -0.1) is 0 Å². The maximum Gasteiger partial charge on any atom is 0.295 e. The van der Waals surface area contributed by atoms with Crippen LogP contribution in [0.1, 0.15) is 29.4 Å². The molecule has 2 fully saturated rings. The van der Waals surface area contributed by atoms with E-state index < -0.39 is 17.7 Å². The van der Waals surface area contributed by atoms with Crippen LogP contribution in [-0.4, -0.2) is 82.5 Å². The van der Waals surface area contributed by atoms with Gasteiger partial charge in [-0.2, -0.15) is 0 Å². The summed E-state index contributed by atoms with van der Waals surface area (Å²) in [5.74, 6) is -0.850. The minimum atomic E-state index is -0.714. The number of ether oxygens (including phenoxy) is 2. The molecule has 2 aromatic heterocycles. The van der Waals surface area contributed by atoms with Crippen molar-refractivity contribution in [2.45, 2.75) is 19.4 Å². The van der Waals surface area contributed by atoms with E-state index in [-0.39, 0.29) is 11.3 Å². The van der Waals surface area contributed by atoms with Crippen LogP contribution in [0.15, 0.2) is 54.2 Å². The molecule has 3 aromatic rings. The lowest BCUT2D eigenvalue weighted by molar-refractivity contribution is -0.140. The molecule has 1 aromatic carbocycles. The van der Waals surface area contributed by atoms with Gasteiger partial charge < -0.3 is 19.5 Å². The van der Waals surface area contributed by atoms with Gasteiger partial charge in [-0.25, -0.2) is 4.98 Å². The third kappa shape index (κ3) is 4.36. The van der Waals surface area contributed by atoms with Gasteiger partial charge in [0.1, 0.15) is 17.1 Å². The first kappa shape index (κ1) is 24.0. The van der Waals surface area contributed by atoms with Gasteiger partial charge in [-0.3, -0.25) is 18.9 Å². The van der Waals surface area contributed by atoms with Gasteiger partial charge in [0.25, 0.3) is 11.7 Å². The number of likely N-dealkylation sites (tertiary alicyclic amines) is 1. The smallest absolute Gasteiger partial charge is 0.295 e. The topological polar surface area (TPSA) is 96.6 Å². The molecule has 9 nitrogen and oxygen atoms in total. The number of Topliss-reactive ketones (excluding diaryl/α,β-unsaturated/α-hetero) is 1. The van der Waals surface area contributed by atoms with Gasteiger partial charge in [0.05, 0.1) is 37.6 Å². The molecule has 0 radical (unpaired) electrons. The number of morpholine rings is 1. The van der Waals surface area contributed by atoms with Crippen molar-refractivity contribution in [1.29, 1.82) is 0 Å². The molecule has 0 bridgehead atoms. The van der Waals surface area contributed by atoms with Crippen LogP contribution in [0.25, 0.3) is 11.4 Å². The maximum atomic E-state index is 13.4. The number of hydrogen-bond acceptors (Lipinski definition) is 7. The fourth-order valence-electron chi connectivity index (χ4n) is 5.06. The number of methoxy groups -OCH3 is 1. The van der Waals surface area contributed by atoms with Crippen molar-refractivity contribution in [3.05, 3.63) is 71.2 Å². The summed E-state index contributed by atoms with van der Waals surface area (Å²) in [5, 5.41) is 11.5. The molecule has 5 rings (SSSR count). The maximum absolute atomic E-state index is 13.4. The van der Waals surface area contributed by atoms with Crippen LogP contribution in [0.5, 0.6) is 5.75 Å². The normalized spacial score (nSPS) is 20.4. The molecule has 2 saturated heterocycles. The predicted octanol–water partition coefficient (Wildman–Crippen LogP) is 2.80. The Hall–Kier alpha value is -3.69. The number of nitrogens with zero attached hydrogens (tertiary/aromatic N) is 4. The van der Waals surface area contributed by atoms with Gasteiger partial charge in [0.15, 0.2) is 5.76 Å². The van der Waals surface area contributed by atoms with Crippen LogP contribution in [0.3, 0.4) is 0 Å². The van der Waals surface area contributed by atoms with E-state index in [1.54, 1.807) is 41.7 Å². The molecule has 4 heterocycles. The number of aliphatic hydroxyl groups is 1. The van der Waals surface area contributed by atoms with Gasteiger partial charge in [0.2, 0.25) is 0 Å². The number of benzene rings is 1. The van der Waals surface area contributed by atoms with Crippen molar-refractivity contribution >= 4 is 23.1 Å². The molecule has 0 saturated carbocycles. The van der Waals surface area contributed by atoms with Crippen molar-refractivity contribution in [3.8, 4) is 5.75 Å². The SMILES string of the molecule is COc1ccc(C2/C(=C(\O)c3c(C)nc4ccccn34)C(=O)C(=O)N2CCCN2CCOCC2)cc1. The summed E-state index contributed by atoms with van der Waals surface area (Å²) in [6, 6.07) is 12.1. The van der Waals surface area contributed by atoms with Crippen LogP contribution < -0.4 is 4.74 Å². The van der Waals surface area contributed by atoms with Gasteiger partial charge >= 0.3 is 0 Å². The molecule has 2 aliphatic heterocycles. The number of pyridine rings is 1. The minimum absolute atomic E-state index is 0.0743. The van der Waals surface area contributed by atoms with Crippen LogP contribution in [0, 0.1) is 6.92 Å².